The SMILES string of the molecule is Cc1cn(-c2ccc(Br)c([N+](=O)[O-])c2)nc(C(=O)O)c1=O. The minimum Gasteiger partial charge on any atom is -0.476 e. The third-order valence-electron chi connectivity index (χ3n) is 2.69. The van der Waals surface area contributed by atoms with Gasteiger partial charge < -0.3 is 5.11 Å². The van der Waals surface area contributed by atoms with Crippen LogP contribution in [0.25, 0.3) is 5.69 Å². The summed E-state index contributed by atoms with van der Waals surface area (Å²) in [5.41, 5.74) is -1.07. The van der Waals surface area contributed by atoms with Gasteiger partial charge in [-0.2, -0.15) is 5.10 Å². The van der Waals surface area contributed by atoms with E-state index in [0.29, 0.717) is 0 Å². The largest absolute Gasteiger partial charge is 0.476 e. The van der Waals surface area contributed by atoms with Crippen LogP contribution in [0.4, 0.5) is 5.69 Å². The van der Waals surface area contributed by atoms with E-state index in [1.54, 1.807) is 0 Å². The number of carboxylic acid groups (broad SMARTS) is 1. The van der Waals surface area contributed by atoms with Crippen molar-refractivity contribution < 1.29 is 14.8 Å². The Labute approximate surface area is 125 Å². The van der Waals surface area contributed by atoms with Gasteiger partial charge in [0.2, 0.25) is 11.1 Å². The van der Waals surface area contributed by atoms with Crippen LogP contribution in [0.15, 0.2) is 33.7 Å². The molecular formula is C12H8BrN3O5. The van der Waals surface area contributed by atoms with Gasteiger partial charge in [0, 0.05) is 17.8 Å². The highest BCUT2D eigenvalue weighted by atomic mass is 79.9. The Hall–Kier alpha value is -2.55. The van der Waals surface area contributed by atoms with Crippen LogP contribution < -0.4 is 5.43 Å². The molecule has 1 aromatic heterocycles. The molecule has 0 saturated carbocycles. The number of rotatable bonds is 3. The first-order valence-electron chi connectivity index (χ1n) is 5.59. The van der Waals surface area contributed by atoms with E-state index >= 15 is 0 Å². The molecule has 0 radical (unpaired) electrons. The molecule has 0 atom stereocenters. The highest BCUT2D eigenvalue weighted by Gasteiger charge is 2.17. The molecule has 0 aliphatic carbocycles. The van der Waals surface area contributed by atoms with Gasteiger partial charge in [-0.25, -0.2) is 9.48 Å². The number of aryl methyl sites for hydroxylation is 1. The molecule has 9 heteroatoms. The summed E-state index contributed by atoms with van der Waals surface area (Å²) in [7, 11) is 0. The van der Waals surface area contributed by atoms with Crippen molar-refractivity contribution in [3.8, 4) is 5.69 Å². The molecule has 0 amide bonds. The molecule has 0 aliphatic rings. The predicted octanol–water partition coefficient (Wildman–Crippen LogP) is 1.91. The summed E-state index contributed by atoms with van der Waals surface area (Å²) in [5.74, 6) is -1.45. The van der Waals surface area contributed by atoms with Gasteiger partial charge in [-0.3, -0.25) is 14.9 Å². The lowest BCUT2D eigenvalue weighted by Crippen LogP contribution is -2.23. The molecular weight excluding hydrogens is 346 g/mol. The number of nitrogens with zero attached hydrogens (tertiary/aromatic N) is 3. The molecule has 1 aromatic carbocycles. The summed E-state index contributed by atoms with van der Waals surface area (Å²) in [6, 6.07) is 4.19. The van der Waals surface area contributed by atoms with E-state index in [2.05, 4.69) is 21.0 Å². The van der Waals surface area contributed by atoms with E-state index in [4.69, 9.17) is 5.11 Å². The number of carbonyl (C=O) groups is 1. The van der Waals surface area contributed by atoms with E-state index in [1.165, 1.54) is 31.3 Å². The predicted molar refractivity (Wildman–Crippen MR) is 75.9 cm³/mol. The summed E-state index contributed by atoms with van der Waals surface area (Å²) in [6.45, 7) is 1.44. The van der Waals surface area contributed by atoms with Crippen LogP contribution in [0.2, 0.25) is 0 Å². The monoisotopic (exact) mass is 353 g/mol. The van der Waals surface area contributed by atoms with E-state index in [0.717, 1.165) is 4.68 Å². The van der Waals surface area contributed by atoms with E-state index in [-0.39, 0.29) is 21.4 Å². The minimum atomic E-state index is -1.45. The summed E-state index contributed by atoms with van der Waals surface area (Å²) in [5, 5.41) is 23.6. The fraction of sp³-hybridized carbons (Fsp3) is 0.0833. The van der Waals surface area contributed by atoms with Crippen molar-refractivity contribution in [3.63, 3.8) is 0 Å². The average molecular weight is 354 g/mol. The lowest BCUT2D eigenvalue weighted by atomic mass is 10.2. The van der Waals surface area contributed by atoms with Gasteiger partial charge in [-0.15, -0.1) is 0 Å². The number of aromatic carboxylic acids is 1. The zero-order valence-corrected chi connectivity index (χ0v) is 12.2. The van der Waals surface area contributed by atoms with Gasteiger partial charge >= 0.3 is 5.97 Å². The van der Waals surface area contributed by atoms with Crippen molar-refractivity contribution in [3.05, 3.63) is 60.5 Å². The van der Waals surface area contributed by atoms with E-state index in [9.17, 15) is 19.7 Å². The highest BCUT2D eigenvalue weighted by molar-refractivity contribution is 9.10. The second kappa shape index (κ2) is 5.44. The molecule has 0 spiro atoms. The van der Waals surface area contributed by atoms with Crippen LogP contribution in [-0.2, 0) is 0 Å². The lowest BCUT2D eigenvalue weighted by molar-refractivity contribution is -0.385. The maximum atomic E-state index is 11.7. The average Bonchev–Trinajstić information content (AvgIpc) is 2.41. The van der Waals surface area contributed by atoms with Gasteiger partial charge in [0.15, 0.2) is 0 Å². The summed E-state index contributed by atoms with van der Waals surface area (Å²) < 4.78 is 1.41. The standard InChI is InChI=1S/C12H8BrN3O5/c1-6-5-15(14-10(11(6)17)12(18)19)7-2-3-8(13)9(4-7)16(20)21/h2-5H,1H3,(H,18,19). The van der Waals surface area contributed by atoms with Gasteiger partial charge in [-0.1, -0.05) is 0 Å². The number of aromatic nitrogens is 2. The fourth-order valence-electron chi connectivity index (χ4n) is 1.67. The van der Waals surface area contributed by atoms with Gasteiger partial charge in [0.25, 0.3) is 5.69 Å². The first-order chi connectivity index (χ1) is 9.81. The zero-order chi connectivity index (χ0) is 15.7. The fourth-order valence-corrected chi connectivity index (χ4v) is 2.06. The summed E-state index contributed by atoms with van der Waals surface area (Å²) >= 11 is 3.05. The molecule has 0 unspecified atom stereocenters. The molecule has 0 saturated heterocycles. The number of hydrogen-bond acceptors (Lipinski definition) is 5. The Kier molecular flexibility index (Phi) is 3.85. The smallest absolute Gasteiger partial charge is 0.360 e. The normalized spacial score (nSPS) is 10.4. The van der Waals surface area contributed by atoms with Crippen LogP contribution in [0, 0.1) is 17.0 Å². The number of nitro benzene ring substituents is 1. The van der Waals surface area contributed by atoms with Crippen LogP contribution in [0.1, 0.15) is 16.1 Å². The first-order valence-corrected chi connectivity index (χ1v) is 6.38. The Morgan fingerprint density at radius 1 is 1.48 bits per heavy atom. The van der Waals surface area contributed by atoms with Gasteiger partial charge in [0.1, 0.15) is 0 Å². The van der Waals surface area contributed by atoms with Crippen molar-refractivity contribution in [2.45, 2.75) is 6.92 Å². The van der Waals surface area contributed by atoms with Crippen molar-refractivity contribution in [1.82, 2.24) is 9.78 Å². The minimum absolute atomic E-state index is 0.174. The first kappa shape index (κ1) is 14.9. The molecule has 0 aliphatic heterocycles. The van der Waals surface area contributed by atoms with E-state index in [1.807, 2.05) is 0 Å². The summed E-state index contributed by atoms with van der Waals surface area (Å²) in [4.78, 5) is 33.0. The number of benzene rings is 1. The Balaban J connectivity index is 2.68. The van der Waals surface area contributed by atoms with Gasteiger partial charge in [0.05, 0.1) is 15.1 Å². The molecule has 108 valence electrons. The van der Waals surface area contributed by atoms with Crippen molar-refractivity contribution in [2.75, 3.05) is 0 Å². The number of carboxylic acids is 1. The van der Waals surface area contributed by atoms with Gasteiger partial charge in [-0.05, 0) is 35.0 Å². The van der Waals surface area contributed by atoms with Crippen molar-refractivity contribution in [2.24, 2.45) is 0 Å². The van der Waals surface area contributed by atoms with Crippen LogP contribution in [0.5, 0.6) is 0 Å². The molecule has 2 rings (SSSR count). The molecule has 8 nitrogen and oxygen atoms in total. The molecule has 0 fully saturated rings. The molecule has 1 heterocycles. The quantitative estimate of drug-likeness (QED) is 0.665. The summed E-state index contributed by atoms with van der Waals surface area (Å²) in [6.07, 6.45) is 1.32. The van der Waals surface area contributed by atoms with Crippen LogP contribution >= 0.6 is 15.9 Å². The number of nitro groups is 1. The molecule has 0 bridgehead atoms. The Morgan fingerprint density at radius 3 is 2.71 bits per heavy atom. The number of hydrogen-bond donors (Lipinski definition) is 1. The van der Waals surface area contributed by atoms with Crippen LogP contribution in [0.3, 0.4) is 0 Å². The highest BCUT2D eigenvalue weighted by Crippen LogP contribution is 2.26. The van der Waals surface area contributed by atoms with Crippen molar-refractivity contribution in [1.29, 1.82) is 0 Å². The lowest BCUT2D eigenvalue weighted by Gasteiger charge is -2.08. The molecule has 21 heavy (non-hydrogen) atoms. The second-order valence-corrected chi connectivity index (χ2v) is 4.99. The third kappa shape index (κ3) is 2.82. The second-order valence-electron chi connectivity index (χ2n) is 4.13. The molecule has 1 N–H and O–H groups in total. The third-order valence-corrected chi connectivity index (χ3v) is 3.36. The Morgan fingerprint density at radius 2 is 2.14 bits per heavy atom. The number of halogens is 1. The zero-order valence-electron chi connectivity index (χ0n) is 10.6. The van der Waals surface area contributed by atoms with Crippen LogP contribution in [-0.4, -0.2) is 25.8 Å². The Bertz CT molecular complexity index is 815. The molecule has 2 aromatic rings. The maximum absolute atomic E-state index is 11.7. The van der Waals surface area contributed by atoms with Crippen molar-refractivity contribution >= 4 is 27.6 Å². The maximum Gasteiger partial charge on any atom is 0.360 e. The topological polar surface area (TPSA) is 115 Å². The van der Waals surface area contributed by atoms with E-state index < -0.39 is 22.0 Å².